The Morgan fingerprint density at radius 2 is 1.84 bits per heavy atom. The van der Waals surface area contributed by atoms with Crippen molar-refractivity contribution in [2.75, 3.05) is 7.11 Å². The Morgan fingerprint density at radius 3 is 2.40 bits per heavy atom. The summed E-state index contributed by atoms with van der Waals surface area (Å²) in [7, 11) is 1.44. The summed E-state index contributed by atoms with van der Waals surface area (Å²) in [4.78, 5) is 24.5. The molecule has 0 spiro atoms. The van der Waals surface area contributed by atoms with Gasteiger partial charge in [-0.2, -0.15) is 5.10 Å². The van der Waals surface area contributed by atoms with Crippen LogP contribution in [0.5, 0.6) is 5.75 Å². The van der Waals surface area contributed by atoms with Crippen molar-refractivity contribution in [3.8, 4) is 11.4 Å². The van der Waals surface area contributed by atoms with Crippen molar-refractivity contribution in [3.05, 3.63) is 42.2 Å². The molecule has 0 aliphatic heterocycles. The van der Waals surface area contributed by atoms with Crippen LogP contribution in [0.2, 0.25) is 0 Å². The number of carbonyl (C=O) groups is 2. The maximum absolute atomic E-state index is 12.4. The zero-order valence-corrected chi connectivity index (χ0v) is 15.1. The van der Waals surface area contributed by atoms with Gasteiger partial charge in [0.1, 0.15) is 0 Å². The van der Waals surface area contributed by atoms with Gasteiger partial charge in [-0.25, -0.2) is 9.48 Å². The third-order valence-corrected chi connectivity index (χ3v) is 3.27. The average Bonchev–Trinajstić information content (AvgIpc) is 2.98. The number of aromatic nitrogens is 2. The van der Waals surface area contributed by atoms with E-state index >= 15 is 0 Å². The quantitative estimate of drug-likeness (QED) is 0.841. The minimum atomic E-state index is -0.946. The molecule has 1 amide bonds. The van der Waals surface area contributed by atoms with Gasteiger partial charge < -0.3 is 14.8 Å². The van der Waals surface area contributed by atoms with Crippen LogP contribution in [0.4, 0.5) is 0 Å². The van der Waals surface area contributed by atoms with Crippen molar-refractivity contribution in [2.24, 2.45) is 0 Å². The first-order chi connectivity index (χ1) is 11.7. The van der Waals surface area contributed by atoms with Crippen molar-refractivity contribution in [3.63, 3.8) is 0 Å². The number of benzene rings is 1. The van der Waals surface area contributed by atoms with Crippen LogP contribution in [0.3, 0.4) is 0 Å². The number of ether oxygens (including phenoxy) is 2. The smallest absolute Gasteiger partial charge is 0.363 e. The molecule has 2 aromatic rings. The second-order valence-corrected chi connectivity index (χ2v) is 6.61. The molecule has 0 aliphatic carbocycles. The lowest BCUT2D eigenvalue weighted by Gasteiger charge is -2.23. The van der Waals surface area contributed by atoms with Gasteiger partial charge in [0.15, 0.2) is 11.9 Å². The molecule has 7 nitrogen and oxygen atoms in total. The van der Waals surface area contributed by atoms with Crippen molar-refractivity contribution in [1.82, 2.24) is 15.1 Å². The van der Waals surface area contributed by atoms with Crippen LogP contribution in [0, 0.1) is 0 Å². The highest BCUT2D eigenvalue weighted by Gasteiger charge is 2.26. The molecule has 0 saturated carbocycles. The number of hydrogen-bond donors (Lipinski definition) is 1. The predicted octanol–water partition coefficient (Wildman–Crippen LogP) is 2.34. The van der Waals surface area contributed by atoms with Gasteiger partial charge in [0.2, 0.25) is 5.69 Å². The Balaban J connectivity index is 2.16. The number of nitrogens with zero attached hydrogens (tertiary/aromatic N) is 2. The van der Waals surface area contributed by atoms with E-state index in [1.807, 2.05) is 51.1 Å². The normalized spacial score (nSPS) is 12.4. The molecule has 2 rings (SSSR count). The first-order valence-corrected chi connectivity index (χ1v) is 7.93. The van der Waals surface area contributed by atoms with Gasteiger partial charge in [-0.1, -0.05) is 18.2 Å². The first kappa shape index (κ1) is 18.5. The topological polar surface area (TPSA) is 82.5 Å². The van der Waals surface area contributed by atoms with E-state index in [2.05, 4.69) is 10.4 Å². The molecule has 0 saturated heterocycles. The molecule has 0 radical (unpaired) electrons. The van der Waals surface area contributed by atoms with E-state index in [9.17, 15) is 9.59 Å². The van der Waals surface area contributed by atoms with Crippen LogP contribution < -0.4 is 10.1 Å². The van der Waals surface area contributed by atoms with Gasteiger partial charge >= 0.3 is 5.97 Å². The fourth-order valence-electron chi connectivity index (χ4n) is 2.10. The molecular weight excluding hydrogens is 322 g/mol. The number of rotatable bonds is 5. The largest absolute Gasteiger partial charge is 0.493 e. The van der Waals surface area contributed by atoms with E-state index in [0.29, 0.717) is 0 Å². The molecule has 0 bridgehead atoms. The summed E-state index contributed by atoms with van der Waals surface area (Å²) in [5, 5.41) is 6.99. The summed E-state index contributed by atoms with van der Waals surface area (Å²) in [6.07, 6.45) is 0.643. The first-order valence-electron chi connectivity index (χ1n) is 7.93. The van der Waals surface area contributed by atoms with Crippen molar-refractivity contribution in [1.29, 1.82) is 0 Å². The molecule has 0 aliphatic rings. The van der Waals surface area contributed by atoms with Crippen LogP contribution in [-0.4, -0.2) is 40.4 Å². The number of hydrogen-bond acceptors (Lipinski definition) is 5. The van der Waals surface area contributed by atoms with Crippen LogP contribution in [0.1, 0.15) is 38.2 Å². The Morgan fingerprint density at radius 1 is 1.20 bits per heavy atom. The molecule has 1 aromatic heterocycles. The summed E-state index contributed by atoms with van der Waals surface area (Å²) in [6.45, 7) is 7.07. The molecule has 0 unspecified atom stereocenters. The van der Waals surface area contributed by atoms with Gasteiger partial charge in [-0.15, -0.1) is 0 Å². The highest BCUT2D eigenvalue weighted by Crippen LogP contribution is 2.20. The lowest BCUT2D eigenvalue weighted by Crippen LogP contribution is -2.46. The number of esters is 1. The van der Waals surface area contributed by atoms with Gasteiger partial charge in [-0.3, -0.25) is 4.79 Å². The lowest BCUT2D eigenvalue weighted by atomic mass is 10.1. The molecule has 1 aromatic carbocycles. The third kappa shape index (κ3) is 4.82. The Kier molecular flexibility index (Phi) is 5.46. The second-order valence-electron chi connectivity index (χ2n) is 6.61. The van der Waals surface area contributed by atoms with Gasteiger partial charge in [-0.05, 0) is 39.8 Å². The van der Waals surface area contributed by atoms with Crippen molar-refractivity contribution < 1.29 is 19.1 Å². The van der Waals surface area contributed by atoms with Gasteiger partial charge in [0.25, 0.3) is 5.91 Å². The lowest BCUT2D eigenvalue weighted by molar-refractivity contribution is -0.130. The van der Waals surface area contributed by atoms with Crippen molar-refractivity contribution >= 4 is 11.9 Å². The number of amides is 1. The zero-order valence-electron chi connectivity index (χ0n) is 15.1. The maximum atomic E-state index is 12.4. The number of carbonyl (C=O) groups excluding carboxylic acids is 2. The standard InChI is InChI=1S/C18H23N3O4/c1-12(16(22)19-18(2,3)4)25-17(23)15-14(24-5)11-21(20-15)13-9-7-6-8-10-13/h6-12H,1-5H3,(H,19,22)/t12-/m1/s1. The SMILES string of the molecule is COc1cn(-c2ccccc2)nc1C(=O)O[C@H](C)C(=O)NC(C)(C)C. The van der Waals surface area contributed by atoms with E-state index < -0.39 is 17.6 Å². The summed E-state index contributed by atoms with van der Waals surface area (Å²) >= 11 is 0. The van der Waals surface area contributed by atoms with E-state index in [1.54, 1.807) is 6.20 Å². The fraction of sp³-hybridized carbons (Fsp3) is 0.389. The van der Waals surface area contributed by atoms with Crippen LogP contribution >= 0.6 is 0 Å². The summed E-state index contributed by atoms with van der Waals surface area (Å²) < 4.78 is 12.0. The van der Waals surface area contributed by atoms with Crippen LogP contribution in [0.15, 0.2) is 36.5 Å². The third-order valence-electron chi connectivity index (χ3n) is 3.27. The monoisotopic (exact) mass is 345 g/mol. The molecule has 1 N–H and O–H groups in total. The molecule has 0 fully saturated rings. The van der Waals surface area contributed by atoms with E-state index in [0.717, 1.165) is 5.69 Å². The number of methoxy groups -OCH3 is 1. The summed E-state index contributed by atoms with van der Waals surface area (Å²) in [6, 6.07) is 9.30. The number of para-hydroxylation sites is 1. The van der Waals surface area contributed by atoms with E-state index in [4.69, 9.17) is 9.47 Å². The minimum absolute atomic E-state index is 0.0155. The Labute approximate surface area is 146 Å². The molecule has 1 heterocycles. The fourth-order valence-corrected chi connectivity index (χ4v) is 2.10. The van der Waals surface area contributed by atoms with Gasteiger partial charge in [0, 0.05) is 5.54 Å². The van der Waals surface area contributed by atoms with Crippen molar-refractivity contribution in [2.45, 2.75) is 39.3 Å². The summed E-state index contributed by atoms with van der Waals surface area (Å²) in [5.41, 5.74) is 0.379. The highest BCUT2D eigenvalue weighted by atomic mass is 16.6. The highest BCUT2D eigenvalue weighted by molar-refractivity contribution is 5.93. The molecule has 134 valence electrons. The Hall–Kier alpha value is -2.83. The number of nitrogens with one attached hydrogen (secondary N) is 1. The Bertz CT molecular complexity index is 747. The van der Waals surface area contributed by atoms with E-state index in [1.165, 1.54) is 18.7 Å². The molecule has 1 atom stereocenters. The molecule has 25 heavy (non-hydrogen) atoms. The molecule has 7 heteroatoms. The average molecular weight is 345 g/mol. The minimum Gasteiger partial charge on any atom is -0.493 e. The maximum Gasteiger partial charge on any atom is 0.363 e. The van der Waals surface area contributed by atoms with Crippen LogP contribution in [0.25, 0.3) is 5.69 Å². The van der Waals surface area contributed by atoms with Gasteiger partial charge in [0.05, 0.1) is 19.0 Å². The predicted molar refractivity (Wildman–Crippen MR) is 92.9 cm³/mol. The van der Waals surface area contributed by atoms with E-state index in [-0.39, 0.29) is 17.4 Å². The zero-order chi connectivity index (χ0) is 18.6. The summed E-state index contributed by atoms with van der Waals surface area (Å²) in [5.74, 6) is -0.817. The van der Waals surface area contributed by atoms with Crippen LogP contribution in [-0.2, 0) is 9.53 Å². The molecular formula is C18H23N3O4. The second kappa shape index (κ2) is 7.38.